The van der Waals surface area contributed by atoms with Crippen LogP contribution in [0.3, 0.4) is 0 Å². The van der Waals surface area contributed by atoms with Crippen LogP contribution in [0.2, 0.25) is 0 Å². The highest BCUT2D eigenvalue weighted by atomic mass is 32.2. The van der Waals surface area contributed by atoms with E-state index in [1.165, 1.54) is 16.0 Å². The first-order valence-electron chi connectivity index (χ1n) is 8.20. The summed E-state index contributed by atoms with van der Waals surface area (Å²) in [6.07, 6.45) is 0.728. The van der Waals surface area contributed by atoms with Crippen molar-refractivity contribution >= 4 is 28.7 Å². The van der Waals surface area contributed by atoms with Crippen LogP contribution in [0.1, 0.15) is 54.1 Å². The van der Waals surface area contributed by atoms with Crippen LogP contribution in [0.4, 0.5) is 0 Å². The number of nitrogens with one attached hydrogen (secondary N) is 1. The van der Waals surface area contributed by atoms with Crippen molar-refractivity contribution in [3.63, 3.8) is 0 Å². The second-order valence-corrected chi connectivity index (χ2v) is 10.3. The molecule has 1 heterocycles. The van der Waals surface area contributed by atoms with Gasteiger partial charge >= 0.3 is 5.97 Å². The number of hydrogen-bond acceptors (Lipinski definition) is 4. The first kappa shape index (κ1) is 20.0. The number of aliphatic carboxylic acids is 1. The minimum atomic E-state index is -1.32. The van der Waals surface area contributed by atoms with Gasteiger partial charge in [-0.1, -0.05) is 24.3 Å². The Morgan fingerprint density at radius 3 is 2.56 bits per heavy atom. The first-order valence-corrected chi connectivity index (χ1v) is 10.2. The van der Waals surface area contributed by atoms with E-state index in [-0.39, 0.29) is 6.42 Å². The Kier molecular flexibility index (Phi) is 6.68. The monoisotopic (exact) mass is 379 g/mol. The predicted molar refractivity (Wildman–Crippen MR) is 104 cm³/mol. The Bertz CT molecular complexity index is 721. The number of hydrogen-bond donors (Lipinski definition) is 2. The van der Waals surface area contributed by atoms with E-state index < -0.39 is 28.1 Å². The van der Waals surface area contributed by atoms with E-state index in [2.05, 4.69) is 23.8 Å². The van der Waals surface area contributed by atoms with Gasteiger partial charge in [0.2, 0.25) is 0 Å². The molecular weight excluding hydrogens is 354 g/mol. The standard InChI is InChI=1S/C19H25NO3S2/c1-13-7-5-6-8-14(13)11-15-9-10-17(24-15)16(12-18(21)22)20-25(23)19(2,3)4/h5-10,16,20H,11-12H2,1-4H3,(H,21,22)/t16?,25-/m1/s1. The van der Waals surface area contributed by atoms with Crippen molar-refractivity contribution in [3.05, 3.63) is 57.3 Å². The van der Waals surface area contributed by atoms with E-state index in [1.807, 2.05) is 45.0 Å². The maximum Gasteiger partial charge on any atom is 0.305 e. The minimum absolute atomic E-state index is 0.0911. The molecule has 0 radical (unpaired) electrons. The van der Waals surface area contributed by atoms with Crippen LogP contribution in [0.5, 0.6) is 0 Å². The molecule has 0 fully saturated rings. The highest BCUT2D eigenvalue weighted by Gasteiger charge is 2.31. The molecule has 2 aromatic rings. The van der Waals surface area contributed by atoms with Crippen molar-refractivity contribution in [1.29, 1.82) is 0 Å². The SMILES string of the molecule is Cc1ccccc1Cc1ccc(C(CC(=O)O)N[S@+]([O-])C(C)(C)C)s1. The van der Waals surface area contributed by atoms with Crippen molar-refractivity contribution in [2.75, 3.05) is 0 Å². The molecule has 0 amide bonds. The van der Waals surface area contributed by atoms with E-state index in [4.69, 9.17) is 0 Å². The summed E-state index contributed by atoms with van der Waals surface area (Å²) in [6, 6.07) is 11.8. The molecule has 0 aliphatic rings. The molecule has 1 aromatic carbocycles. The Balaban J connectivity index is 2.17. The zero-order valence-corrected chi connectivity index (χ0v) is 16.7. The number of carboxylic acids is 1. The van der Waals surface area contributed by atoms with Gasteiger partial charge in [-0.15, -0.1) is 16.1 Å². The summed E-state index contributed by atoms with van der Waals surface area (Å²) < 4.78 is 14.9. The molecule has 2 rings (SSSR count). The molecule has 0 saturated heterocycles. The van der Waals surface area contributed by atoms with Gasteiger partial charge in [0, 0.05) is 27.5 Å². The molecule has 136 valence electrons. The lowest BCUT2D eigenvalue weighted by Crippen LogP contribution is -2.41. The van der Waals surface area contributed by atoms with Gasteiger partial charge in [-0.3, -0.25) is 4.79 Å². The summed E-state index contributed by atoms with van der Waals surface area (Å²) in [4.78, 5) is 13.3. The van der Waals surface area contributed by atoms with Crippen molar-refractivity contribution in [3.8, 4) is 0 Å². The van der Waals surface area contributed by atoms with Crippen LogP contribution >= 0.6 is 11.3 Å². The van der Waals surface area contributed by atoms with Crippen LogP contribution in [-0.2, 0) is 22.6 Å². The molecule has 0 spiro atoms. The van der Waals surface area contributed by atoms with E-state index in [9.17, 15) is 14.5 Å². The van der Waals surface area contributed by atoms with Crippen LogP contribution < -0.4 is 4.72 Å². The highest BCUT2D eigenvalue weighted by Crippen LogP contribution is 2.30. The quantitative estimate of drug-likeness (QED) is 0.707. The molecular formula is C19H25NO3S2. The first-order chi connectivity index (χ1) is 11.7. The number of thiophene rings is 1. The number of benzene rings is 1. The number of aryl methyl sites for hydroxylation is 1. The highest BCUT2D eigenvalue weighted by molar-refractivity contribution is 7.90. The molecule has 6 heteroatoms. The van der Waals surface area contributed by atoms with Gasteiger partial charge < -0.3 is 9.66 Å². The summed E-state index contributed by atoms with van der Waals surface area (Å²) >= 11 is 0.256. The summed E-state index contributed by atoms with van der Waals surface area (Å²) in [5.41, 5.74) is 2.50. The van der Waals surface area contributed by atoms with E-state index >= 15 is 0 Å². The smallest absolute Gasteiger partial charge is 0.305 e. The fraction of sp³-hybridized carbons (Fsp3) is 0.421. The molecule has 1 unspecified atom stereocenters. The molecule has 2 atom stereocenters. The average Bonchev–Trinajstić information content (AvgIpc) is 2.96. The van der Waals surface area contributed by atoms with Gasteiger partial charge in [-0.05, 0) is 51.0 Å². The minimum Gasteiger partial charge on any atom is -0.598 e. The van der Waals surface area contributed by atoms with E-state index in [0.717, 1.165) is 11.3 Å². The lowest BCUT2D eigenvalue weighted by molar-refractivity contribution is -0.137. The van der Waals surface area contributed by atoms with Gasteiger partial charge in [0.25, 0.3) is 0 Å². The third-order valence-corrected chi connectivity index (χ3v) is 6.65. The fourth-order valence-electron chi connectivity index (χ4n) is 2.35. The molecule has 4 nitrogen and oxygen atoms in total. The molecule has 1 aromatic heterocycles. The zero-order valence-electron chi connectivity index (χ0n) is 15.0. The molecule has 2 N–H and O–H groups in total. The summed E-state index contributed by atoms with van der Waals surface area (Å²) in [5.74, 6) is -0.905. The Labute approximate surface area is 156 Å². The topological polar surface area (TPSA) is 72.4 Å². The zero-order chi connectivity index (χ0) is 18.6. The van der Waals surface area contributed by atoms with Crippen LogP contribution in [0.15, 0.2) is 36.4 Å². The number of rotatable bonds is 7. The normalized spacial score (nSPS) is 14.3. The largest absolute Gasteiger partial charge is 0.598 e. The maximum atomic E-state index is 12.4. The molecule has 0 aliphatic heterocycles. The third kappa shape index (κ3) is 5.85. The summed E-state index contributed by atoms with van der Waals surface area (Å²) in [6.45, 7) is 7.69. The molecule has 25 heavy (non-hydrogen) atoms. The lowest BCUT2D eigenvalue weighted by Gasteiger charge is -2.27. The fourth-order valence-corrected chi connectivity index (χ4v) is 4.34. The predicted octanol–water partition coefficient (Wildman–Crippen LogP) is 4.21. The summed E-state index contributed by atoms with van der Waals surface area (Å²) in [5, 5.41) is 9.20. The van der Waals surface area contributed by atoms with Crippen molar-refractivity contribution in [2.24, 2.45) is 0 Å². The number of carbonyl (C=O) groups is 1. The average molecular weight is 380 g/mol. The van der Waals surface area contributed by atoms with Crippen molar-refractivity contribution < 1.29 is 14.5 Å². The van der Waals surface area contributed by atoms with Gasteiger partial charge in [0.1, 0.15) is 4.75 Å². The second kappa shape index (κ2) is 8.36. The maximum absolute atomic E-state index is 12.4. The summed E-state index contributed by atoms with van der Waals surface area (Å²) in [7, 11) is 0. The van der Waals surface area contributed by atoms with Gasteiger partial charge in [-0.2, -0.15) is 0 Å². The van der Waals surface area contributed by atoms with E-state index in [0.29, 0.717) is 0 Å². The lowest BCUT2D eigenvalue weighted by atomic mass is 10.1. The molecule has 0 bridgehead atoms. The van der Waals surface area contributed by atoms with Crippen LogP contribution in [-0.4, -0.2) is 20.4 Å². The van der Waals surface area contributed by atoms with Gasteiger partial charge in [0.15, 0.2) is 0 Å². The van der Waals surface area contributed by atoms with Gasteiger partial charge in [0.05, 0.1) is 12.5 Å². The van der Waals surface area contributed by atoms with Crippen LogP contribution in [0, 0.1) is 6.92 Å². The van der Waals surface area contributed by atoms with Crippen molar-refractivity contribution in [1.82, 2.24) is 4.72 Å². The van der Waals surface area contributed by atoms with Crippen LogP contribution in [0.25, 0.3) is 0 Å². The Morgan fingerprint density at radius 2 is 1.96 bits per heavy atom. The molecule has 0 aliphatic carbocycles. The van der Waals surface area contributed by atoms with Crippen molar-refractivity contribution in [2.45, 2.75) is 51.3 Å². The Hall–Kier alpha value is -1.34. The Morgan fingerprint density at radius 1 is 1.28 bits per heavy atom. The molecule has 0 saturated carbocycles. The van der Waals surface area contributed by atoms with Gasteiger partial charge in [-0.25, -0.2) is 0 Å². The van der Waals surface area contributed by atoms with E-state index in [1.54, 1.807) is 11.3 Å². The second-order valence-electron chi connectivity index (χ2n) is 7.06. The number of carboxylic acid groups (broad SMARTS) is 1. The third-order valence-electron chi connectivity index (χ3n) is 3.84.